The molecule has 2 fully saturated rings. The topological polar surface area (TPSA) is 41.9 Å². The van der Waals surface area contributed by atoms with Crippen LogP contribution in [0.15, 0.2) is 42.5 Å². The van der Waals surface area contributed by atoms with Gasteiger partial charge in [0.2, 0.25) is 0 Å². The highest BCUT2D eigenvalue weighted by Gasteiger charge is 2.49. The van der Waals surface area contributed by atoms with Gasteiger partial charge in [0.05, 0.1) is 19.8 Å². The quantitative estimate of drug-likeness (QED) is 0.726. The molecule has 2 aliphatic rings. The molecule has 1 aliphatic heterocycles. The second-order valence-corrected chi connectivity index (χ2v) is 8.73. The zero-order valence-corrected chi connectivity index (χ0v) is 18.0. The zero-order valence-electron chi connectivity index (χ0n) is 17.2. The summed E-state index contributed by atoms with van der Waals surface area (Å²) in [7, 11) is 3.32. The summed E-state index contributed by atoms with van der Waals surface area (Å²) in [4.78, 5) is 2.48. The van der Waals surface area contributed by atoms with E-state index in [2.05, 4.69) is 23.1 Å². The van der Waals surface area contributed by atoms with Crippen LogP contribution in [0.4, 0.5) is 0 Å². The van der Waals surface area contributed by atoms with Gasteiger partial charge >= 0.3 is 0 Å². The molecule has 4 nitrogen and oxygen atoms in total. The summed E-state index contributed by atoms with van der Waals surface area (Å²) >= 11 is 6.48. The summed E-state index contributed by atoms with van der Waals surface area (Å²) in [6, 6.07) is 14.3. The number of aliphatic hydroxyl groups is 1. The number of fused-ring (bicyclic) bond motifs is 1. The van der Waals surface area contributed by atoms with E-state index in [1.54, 1.807) is 14.2 Å². The summed E-state index contributed by atoms with van der Waals surface area (Å²) in [6.45, 7) is 1.61. The number of halogens is 1. The minimum atomic E-state index is -0.590. The number of likely N-dealkylation sites (tertiary alicyclic amines) is 1. The largest absolute Gasteiger partial charge is 0.493 e. The number of hydrogen-bond donors (Lipinski definition) is 1. The van der Waals surface area contributed by atoms with Crippen LogP contribution in [0.2, 0.25) is 5.02 Å². The molecule has 0 aromatic heterocycles. The molecule has 2 aromatic rings. The van der Waals surface area contributed by atoms with Gasteiger partial charge in [-0.05, 0) is 48.6 Å². The molecule has 0 spiro atoms. The van der Waals surface area contributed by atoms with Crippen LogP contribution in [0, 0.1) is 5.92 Å². The van der Waals surface area contributed by atoms with Crippen molar-refractivity contribution in [2.24, 2.45) is 5.92 Å². The fourth-order valence-electron chi connectivity index (χ4n) is 5.25. The monoisotopic (exact) mass is 415 g/mol. The van der Waals surface area contributed by atoms with Crippen LogP contribution in [0.3, 0.4) is 0 Å². The number of piperidine rings is 1. The smallest absolute Gasteiger partial charge is 0.161 e. The lowest BCUT2D eigenvalue weighted by molar-refractivity contribution is -0.126. The number of hydrogen-bond acceptors (Lipinski definition) is 4. The molecule has 0 amide bonds. The average Bonchev–Trinajstić information content (AvgIpc) is 2.74. The van der Waals surface area contributed by atoms with Gasteiger partial charge in [0.15, 0.2) is 11.5 Å². The normalized spacial score (nSPS) is 27.3. The maximum atomic E-state index is 11.5. The lowest BCUT2D eigenvalue weighted by Crippen LogP contribution is -2.54. The summed E-state index contributed by atoms with van der Waals surface area (Å²) in [5, 5.41) is 12.3. The molecule has 1 saturated carbocycles. The zero-order chi connectivity index (χ0) is 20.4. The van der Waals surface area contributed by atoms with E-state index in [0.29, 0.717) is 0 Å². The molecule has 156 valence electrons. The van der Waals surface area contributed by atoms with Crippen molar-refractivity contribution in [3.05, 3.63) is 58.6 Å². The maximum Gasteiger partial charge on any atom is 0.161 e. The van der Waals surface area contributed by atoms with Gasteiger partial charge in [-0.1, -0.05) is 48.7 Å². The second kappa shape index (κ2) is 8.55. The van der Waals surface area contributed by atoms with E-state index in [-0.39, 0.29) is 12.0 Å². The van der Waals surface area contributed by atoms with Crippen molar-refractivity contribution in [1.29, 1.82) is 0 Å². The predicted octanol–water partition coefficient (Wildman–Crippen LogP) is 5.23. The molecule has 0 unspecified atom stereocenters. The van der Waals surface area contributed by atoms with E-state index >= 15 is 0 Å². The average molecular weight is 416 g/mol. The number of benzene rings is 2. The fourth-order valence-corrected chi connectivity index (χ4v) is 5.44. The molecular formula is C24H30ClNO3. The Bertz CT molecular complexity index is 858. The van der Waals surface area contributed by atoms with Gasteiger partial charge in [-0.25, -0.2) is 0 Å². The van der Waals surface area contributed by atoms with Gasteiger partial charge in [-0.15, -0.1) is 0 Å². The molecule has 1 aliphatic carbocycles. The van der Waals surface area contributed by atoms with E-state index in [1.807, 2.05) is 24.3 Å². The minimum absolute atomic E-state index is 0.116. The molecule has 0 bridgehead atoms. The van der Waals surface area contributed by atoms with Gasteiger partial charge in [-0.2, -0.15) is 0 Å². The van der Waals surface area contributed by atoms with Crippen molar-refractivity contribution in [3.63, 3.8) is 0 Å². The third-order valence-corrected chi connectivity index (χ3v) is 7.12. The Morgan fingerprint density at radius 1 is 1.07 bits per heavy atom. The van der Waals surface area contributed by atoms with E-state index in [4.69, 9.17) is 21.1 Å². The Morgan fingerprint density at radius 2 is 1.86 bits per heavy atom. The van der Waals surface area contributed by atoms with Crippen LogP contribution in [0.5, 0.6) is 11.5 Å². The fraction of sp³-hybridized carbons (Fsp3) is 0.500. The lowest BCUT2D eigenvalue weighted by atomic mass is 9.66. The molecule has 4 rings (SSSR count). The third kappa shape index (κ3) is 3.98. The SMILES string of the molecule is COc1ccc([C@@H]2[C@@H]3CCCC[C@]3(O)CCN2Cc2ccccc2Cl)cc1OC. The van der Waals surface area contributed by atoms with Crippen molar-refractivity contribution in [1.82, 2.24) is 4.90 Å². The van der Waals surface area contributed by atoms with E-state index in [9.17, 15) is 5.11 Å². The second-order valence-electron chi connectivity index (χ2n) is 8.33. The van der Waals surface area contributed by atoms with Gasteiger partial charge in [-0.3, -0.25) is 4.90 Å². The van der Waals surface area contributed by atoms with Gasteiger partial charge in [0.25, 0.3) is 0 Å². The van der Waals surface area contributed by atoms with Crippen LogP contribution >= 0.6 is 11.6 Å². The first-order valence-electron chi connectivity index (χ1n) is 10.5. The highest BCUT2D eigenvalue weighted by atomic mass is 35.5. The molecular weight excluding hydrogens is 386 g/mol. The maximum absolute atomic E-state index is 11.5. The van der Waals surface area contributed by atoms with Crippen LogP contribution in [-0.4, -0.2) is 36.4 Å². The predicted molar refractivity (Wildman–Crippen MR) is 116 cm³/mol. The molecule has 1 heterocycles. The van der Waals surface area contributed by atoms with Crippen LogP contribution in [0.25, 0.3) is 0 Å². The molecule has 0 radical (unpaired) electrons. The highest BCUT2D eigenvalue weighted by Crippen LogP contribution is 2.50. The number of methoxy groups -OCH3 is 2. The first-order chi connectivity index (χ1) is 14.1. The van der Waals surface area contributed by atoms with Crippen molar-refractivity contribution in [3.8, 4) is 11.5 Å². The van der Waals surface area contributed by atoms with Gasteiger partial charge < -0.3 is 14.6 Å². The lowest BCUT2D eigenvalue weighted by Gasteiger charge is -2.53. The van der Waals surface area contributed by atoms with E-state index in [1.165, 1.54) is 5.56 Å². The standard InChI is InChI=1S/C24H30ClNO3/c1-28-21-11-10-17(15-22(21)29-2)23-19-8-5-6-12-24(19,27)13-14-26(23)16-18-7-3-4-9-20(18)25/h3-4,7,9-11,15,19,23,27H,5-6,8,12-14,16H2,1-2H3/t19-,23+,24-/m0/s1. The molecule has 5 heteroatoms. The Hall–Kier alpha value is -1.75. The first kappa shape index (κ1) is 20.5. The minimum Gasteiger partial charge on any atom is -0.493 e. The van der Waals surface area contributed by atoms with Crippen molar-refractivity contribution in [2.45, 2.75) is 50.3 Å². The van der Waals surface area contributed by atoms with E-state index in [0.717, 1.165) is 67.3 Å². The Labute approximate surface area is 178 Å². The molecule has 29 heavy (non-hydrogen) atoms. The summed E-state index contributed by atoms with van der Waals surface area (Å²) in [5.41, 5.74) is 1.70. The van der Waals surface area contributed by atoms with Gasteiger partial charge in [0, 0.05) is 30.1 Å². The van der Waals surface area contributed by atoms with E-state index < -0.39 is 5.60 Å². The summed E-state index contributed by atoms with van der Waals surface area (Å²) in [5.74, 6) is 1.65. The molecule has 3 atom stereocenters. The molecule has 1 saturated heterocycles. The Morgan fingerprint density at radius 3 is 2.62 bits per heavy atom. The van der Waals surface area contributed by atoms with Crippen LogP contribution < -0.4 is 9.47 Å². The third-order valence-electron chi connectivity index (χ3n) is 6.75. The van der Waals surface area contributed by atoms with Crippen molar-refractivity contribution >= 4 is 11.6 Å². The number of ether oxygens (including phenoxy) is 2. The van der Waals surface area contributed by atoms with Crippen LogP contribution in [-0.2, 0) is 6.54 Å². The number of nitrogens with zero attached hydrogens (tertiary/aromatic N) is 1. The first-order valence-corrected chi connectivity index (χ1v) is 10.9. The Kier molecular flexibility index (Phi) is 6.05. The summed E-state index contributed by atoms with van der Waals surface area (Å²) < 4.78 is 11.0. The van der Waals surface area contributed by atoms with Crippen molar-refractivity contribution in [2.75, 3.05) is 20.8 Å². The Balaban J connectivity index is 1.73. The number of rotatable bonds is 5. The molecule has 2 aromatic carbocycles. The van der Waals surface area contributed by atoms with Gasteiger partial charge in [0.1, 0.15) is 0 Å². The molecule has 1 N–H and O–H groups in total. The summed E-state index contributed by atoms with van der Waals surface area (Å²) in [6.07, 6.45) is 5.01. The van der Waals surface area contributed by atoms with Crippen molar-refractivity contribution < 1.29 is 14.6 Å². The van der Waals surface area contributed by atoms with Crippen LogP contribution in [0.1, 0.15) is 49.3 Å². The highest BCUT2D eigenvalue weighted by molar-refractivity contribution is 6.31.